The molecule has 2 aromatic rings. The lowest BCUT2D eigenvalue weighted by molar-refractivity contribution is 0.219. The molecule has 0 amide bonds. The first kappa shape index (κ1) is 23.5. The fraction of sp³-hybridized carbons (Fsp3) is 0.474. The lowest BCUT2D eigenvalue weighted by Gasteiger charge is -2.22. The molecule has 1 aromatic carbocycles. The van der Waals surface area contributed by atoms with Gasteiger partial charge in [0.2, 0.25) is 0 Å². The van der Waals surface area contributed by atoms with E-state index in [1.54, 1.807) is 18.4 Å². The summed E-state index contributed by atoms with van der Waals surface area (Å²) in [5, 5.41) is 6.49. The second kappa shape index (κ2) is 12.0. The molecule has 1 unspecified atom stereocenters. The number of nitrogens with one attached hydrogen (secondary N) is 1. The molecule has 0 fully saturated rings. The summed E-state index contributed by atoms with van der Waals surface area (Å²) in [6.07, 6.45) is -0.0742. The quantitative estimate of drug-likeness (QED) is 0.335. The summed E-state index contributed by atoms with van der Waals surface area (Å²) in [7, 11) is 3.66. The van der Waals surface area contributed by atoms with Gasteiger partial charge in [-0.2, -0.15) is 0 Å². The summed E-state index contributed by atoms with van der Waals surface area (Å²) < 4.78 is 11.3. The van der Waals surface area contributed by atoms with E-state index < -0.39 is 0 Å². The molecule has 1 aromatic heterocycles. The van der Waals surface area contributed by atoms with E-state index in [1.165, 1.54) is 0 Å². The van der Waals surface area contributed by atoms with E-state index in [0.717, 1.165) is 41.2 Å². The number of hydrogen-bond donors (Lipinski definition) is 1. The van der Waals surface area contributed by atoms with Crippen molar-refractivity contribution < 1.29 is 9.47 Å². The monoisotopic (exact) mass is 504 g/mol. The highest BCUT2D eigenvalue weighted by Crippen LogP contribution is 2.26. The van der Waals surface area contributed by atoms with Crippen molar-refractivity contribution in [2.75, 3.05) is 27.2 Å². The van der Waals surface area contributed by atoms with Crippen LogP contribution in [0, 0.1) is 6.92 Å². The Hall–Kier alpha value is -1.55. The Kier molecular flexibility index (Phi) is 10.5. The van der Waals surface area contributed by atoms with Gasteiger partial charge in [0.1, 0.15) is 6.10 Å². The standard InChI is InChI=1S/C19H28N4O2S.HI/c1-6-20-19(23(4)12-16-13-26-15(3)22-16)21-11-14(2)25-18-10-8-7-9-17(18)24-5;/h7-10,13-14H,6,11-12H2,1-5H3,(H,20,21);1H. The summed E-state index contributed by atoms with van der Waals surface area (Å²) in [5.74, 6) is 2.30. The van der Waals surface area contributed by atoms with Gasteiger partial charge in [0, 0.05) is 19.0 Å². The number of benzene rings is 1. The van der Waals surface area contributed by atoms with Gasteiger partial charge in [-0.15, -0.1) is 35.3 Å². The normalized spacial score (nSPS) is 12.1. The smallest absolute Gasteiger partial charge is 0.194 e. The van der Waals surface area contributed by atoms with Crippen LogP contribution in [-0.4, -0.2) is 49.2 Å². The summed E-state index contributed by atoms with van der Waals surface area (Å²) in [4.78, 5) is 11.3. The first-order valence-corrected chi connectivity index (χ1v) is 9.61. The first-order valence-electron chi connectivity index (χ1n) is 8.73. The fourth-order valence-corrected chi connectivity index (χ4v) is 3.06. The number of methoxy groups -OCH3 is 1. The van der Waals surface area contributed by atoms with Gasteiger partial charge in [0.05, 0.1) is 30.9 Å². The second-order valence-corrected chi connectivity index (χ2v) is 7.05. The highest BCUT2D eigenvalue weighted by Gasteiger charge is 2.11. The molecular formula is C19H29IN4O2S. The van der Waals surface area contributed by atoms with Crippen LogP contribution < -0.4 is 14.8 Å². The van der Waals surface area contributed by atoms with Crippen LogP contribution in [0.4, 0.5) is 0 Å². The minimum atomic E-state index is -0.0742. The minimum Gasteiger partial charge on any atom is -0.493 e. The van der Waals surface area contributed by atoms with Gasteiger partial charge >= 0.3 is 0 Å². The number of para-hydroxylation sites is 2. The summed E-state index contributed by atoms with van der Waals surface area (Å²) in [5.41, 5.74) is 1.05. The molecule has 0 aliphatic rings. The van der Waals surface area contributed by atoms with Crippen LogP contribution in [0.5, 0.6) is 11.5 Å². The number of aliphatic imine (C=N–C) groups is 1. The van der Waals surface area contributed by atoms with Crippen molar-refractivity contribution >= 4 is 41.3 Å². The van der Waals surface area contributed by atoms with E-state index in [9.17, 15) is 0 Å². The van der Waals surface area contributed by atoms with Crippen LogP contribution in [0.2, 0.25) is 0 Å². The van der Waals surface area contributed by atoms with Crippen molar-refractivity contribution in [1.29, 1.82) is 0 Å². The molecule has 27 heavy (non-hydrogen) atoms. The van der Waals surface area contributed by atoms with E-state index >= 15 is 0 Å². The van der Waals surface area contributed by atoms with Crippen LogP contribution in [-0.2, 0) is 6.54 Å². The fourth-order valence-electron chi connectivity index (χ4n) is 2.45. The third kappa shape index (κ3) is 7.53. The molecule has 150 valence electrons. The maximum absolute atomic E-state index is 5.98. The SMILES string of the molecule is CCNC(=NCC(C)Oc1ccccc1OC)N(C)Cc1csc(C)n1.I. The molecule has 0 aliphatic heterocycles. The number of rotatable bonds is 8. The van der Waals surface area contributed by atoms with Crippen LogP contribution >= 0.6 is 35.3 Å². The highest BCUT2D eigenvalue weighted by atomic mass is 127. The maximum atomic E-state index is 5.98. The van der Waals surface area contributed by atoms with Crippen molar-refractivity contribution in [3.63, 3.8) is 0 Å². The first-order chi connectivity index (χ1) is 12.5. The molecule has 0 saturated carbocycles. The van der Waals surface area contributed by atoms with Crippen LogP contribution in [0.1, 0.15) is 24.5 Å². The van der Waals surface area contributed by atoms with E-state index in [0.29, 0.717) is 6.54 Å². The van der Waals surface area contributed by atoms with Crippen LogP contribution in [0.3, 0.4) is 0 Å². The molecular weight excluding hydrogens is 475 g/mol. The predicted octanol–water partition coefficient (Wildman–Crippen LogP) is 3.94. The highest BCUT2D eigenvalue weighted by molar-refractivity contribution is 14.0. The van der Waals surface area contributed by atoms with E-state index in [-0.39, 0.29) is 30.1 Å². The number of hydrogen-bond acceptors (Lipinski definition) is 5. The third-order valence-electron chi connectivity index (χ3n) is 3.66. The molecule has 8 heteroatoms. The van der Waals surface area contributed by atoms with Gasteiger partial charge in [0.15, 0.2) is 17.5 Å². The van der Waals surface area contributed by atoms with Crippen molar-refractivity contribution in [1.82, 2.24) is 15.2 Å². The number of ether oxygens (including phenoxy) is 2. The summed E-state index contributed by atoms with van der Waals surface area (Å²) >= 11 is 1.66. The van der Waals surface area contributed by atoms with Crippen molar-refractivity contribution in [2.24, 2.45) is 4.99 Å². The van der Waals surface area contributed by atoms with Gasteiger partial charge in [-0.05, 0) is 32.9 Å². The van der Waals surface area contributed by atoms with Crippen molar-refractivity contribution in [3.05, 3.63) is 40.3 Å². The third-order valence-corrected chi connectivity index (χ3v) is 4.48. The molecule has 1 atom stereocenters. The van der Waals surface area contributed by atoms with E-state index in [2.05, 4.69) is 27.5 Å². The number of aromatic nitrogens is 1. The molecule has 0 radical (unpaired) electrons. The Balaban J connectivity index is 0.00000364. The van der Waals surface area contributed by atoms with Crippen molar-refractivity contribution in [2.45, 2.75) is 33.4 Å². The van der Waals surface area contributed by atoms with Gasteiger partial charge in [-0.1, -0.05) is 12.1 Å². The molecule has 6 nitrogen and oxygen atoms in total. The number of halogens is 1. The zero-order valence-corrected chi connectivity index (χ0v) is 19.7. The minimum absolute atomic E-state index is 0. The zero-order chi connectivity index (χ0) is 18.9. The zero-order valence-electron chi connectivity index (χ0n) is 16.6. The molecule has 1 heterocycles. The van der Waals surface area contributed by atoms with Gasteiger partial charge in [-0.25, -0.2) is 9.98 Å². The summed E-state index contributed by atoms with van der Waals surface area (Å²) in [6.45, 7) is 8.15. The van der Waals surface area contributed by atoms with Crippen molar-refractivity contribution in [3.8, 4) is 11.5 Å². The Bertz CT molecular complexity index is 723. The number of aryl methyl sites for hydroxylation is 1. The average Bonchev–Trinajstić information content (AvgIpc) is 3.03. The molecule has 0 aliphatic carbocycles. The Morgan fingerprint density at radius 1 is 1.33 bits per heavy atom. The number of guanidine groups is 1. The lowest BCUT2D eigenvalue weighted by atomic mass is 10.3. The second-order valence-electron chi connectivity index (χ2n) is 5.99. The molecule has 0 bridgehead atoms. The van der Waals surface area contributed by atoms with Gasteiger partial charge < -0.3 is 19.7 Å². The Morgan fingerprint density at radius 3 is 2.63 bits per heavy atom. The predicted molar refractivity (Wildman–Crippen MR) is 123 cm³/mol. The number of thiazole rings is 1. The summed E-state index contributed by atoms with van der Waals surface area (Å²) in [6, 6.07) is 7.65. The van der Waals surface area contributed by atoms with Gasteiger partial charge in [0.25, 0.3) is 0 Å². The molecule has 0 saturated heterocycles. The Morgan fingerprint density at radius 2 is 2.04 bits per heavy atom. The van der Waals surface area contributed by atoms with Crippen LogP contribution in [0.25, 0.3) is 0 Å². The molecule has 0 spiro atoms. The van der Waals surface area contributed by atoms with E-state index in [4.69, 9.17) is 14.5 Å². The lowest BCUT2D eigenvalue weighted by Crippen LogP contribution is -2.39. The molecule has 1 N–H and O–H groups in total. The Labute approximate surface area is 183 Å². The van der Waals surface area contributed by atoms with Gasteiger partial charge in [-0.3, -0.25) is 0 Å². The molecule has 2 rings (SSSR count). The number of nitrogens with zero attached hydrogens (tertiary/aromatic N) is 3. The largest absolute Gasteiger partial charge is 0.493 e. The average molecular weight is 504 g/mol. The topological polar surface area (TPSA) is 59.0 Å². The van der Waals surface area contributed by atoms with E-state index in [1.807, 2.05) is 45.2 Å². The van der Waals surface area contributed by atoms with Crippen LogP contribution in [0.15, 0.2) is 34.6 Å². The maximum Gasteiger partial charge on any atom is 0.194 e.